The summed E-state index contributed by atoms with van der Waals surface area (Å²) in [6.07, 6.45) is 3.51. The fourth-order valence-corrected chi connectivity index (χ4v) is 7.81. The summed E-state index contributed by atoms with van der Waals surface area (Å²) in [4.78, 5) is 94.8. The van der Waals surface area contributed by atoms with Crippen molar-refractivity contribution in [3.8, 4) is 0 Å². The number of amides is 7. The topological polar surface area (TPSA) is 326 Å². The average molecular weight is 1000 g/mol. The van der Waals surface area contributed by atoms with Gasteiger partial charge in [0.25, 0.3) is 11.8 Å². The van der Waals surface area contributed by atoms with Crippen LogP contribution in [0.5, 0.6) is 0 Å². The zero-order valence-corrected chi connectivity index (χ0v) is 39.6. The number of alkyl carbamates (subject to hydrolysis) is 1. The minimum absolute atomic E-state index is 0.0210. The van der Waals surface area contributed by atoms with E-state index in [2.05, 4.69) is 31.6 Å². The maximum absolute atomic E-state index is 15.2. The first-order chi connectivity index (χ1) is 34.6. The van der Waals surface area contributed by atoms with E-state index < -0.39 is 77.2 Å². The molecular weight excluding hydrogens is 943 g/mol. The number of benzene rings is 3. The summed E-state index contributed by atoms with van der Waals surface area (Å²) in [6, 6.07) is 10.6. The van der Waals surface area contributed by atoms with E-state index in [4.69, 9.17) is 31.1 Å². The molecule has 0 fully saturated rings. The summed E-state index contributed by atoms with van der Waals surface area (Å²) in [6.45, 7) is 1.81. The van der Waals surface area contributed by atoms with Crippen molar-refractivity contribution >= 4 is 70.8 Å². The lowest BCUT2D eigenvalue weighted by molar-refractivity contribution is -0.137. The second-order valence-corrected chi connectivity index (χ2v) is 16.3. The number of aliphatic imine (C=N–C) groups is 1. The van der Waals surface area contributed by atoms with E-state index >= 15 is 4.39 Å². The third-order valence-electron chi connectivity index (χ3n) is 11.4. The second kappa shape index (κ2) is 26.9. The molecule has 0 aliphatic carbocycles. The van der Waals surface area contributed by atoms with Crippen molar-refractivity contribution in [2.75, 3.05) is 63.5 Å². The number of ether oxygens (including phenoxy) is 3. The number of nitrogens with zero attached hydrogens (tertiary/aromatic N) is 3. The van der Waals surface area contributed by atoms with Gasteiger partial charge < -0.3 is 62.6 Å². The lowest BCUT2D eigenvalue weighted by atomic mass is 9.78. The quantitative estimate of drug-likeness (QED) is 0.0241. The van der Waals surface area contributed by atoms with E-state index in [-0.39, 0.29) is 87.5 Å². The van der Waals surface area contributed by atoms with Gasteiger partial charge in [0.15, 0.2) is 0 Å². The number of hydrogen-bond acceptors (Lipinski definition) is 14. The number of hydrogen-bond donors (Lipinski definition) is 9. The monoisotopic (exact) mass is 1000 g/mol. The summed E-state index contributed by atoms with van der Waals surface area (Å²) >= 11 is 0. The molecule has 11 N–H and O–H groups in total. The molecule has 384 valence electrons. The Labute approximate surface area is 413 Å². The molecule has 24 heteroatoms. The highest BCUT2D eigenvalue weighted by molar-refractivity contribution is 6.22. The van der Waals surface area contributed by atoms with Gasteiger partial charge >= 0.3 is 6.09 Å². The van der Waals surface area contributed by atoms with E-state index in [0.717, 1.165) is 23.4 Å². The van der Waals surface area contributed by atoms with Gasteiger partial charge in [-0.1, -0.05) is 24.3 Å². The van der Waals surface area contributed by atoms with Gasteiger partial charge in [-0.25, -0.2) is 18.6 Å². The lowest BCUT2D eigenvalue weighted by Gasteiger charge is -2.44. The zero-order chi connectivity index (χ0) is 52.3. The molecule has 0 bridgehead atoms. The molecule has 72 heavy (non-hydrogen) atoms. The van der Waals surface area contributed by atoms with Crippen LogP contribution in [-0.2, 0) is 44.8 Å². The van der Waals surface area contributed by atoms with E-state index in [1.165, 1.54) is 55.3 Å². The predicted molar refractivity (Wildman–Crippen MR) is 260 cm³/mol. The number of nitrogens with one attached hydrogen (secondary N) is 7. The Kier molecular flexibility index (Phi) is 20.5. The summed E-state index contributed by atoms with van der Waals surface area (Å²) in [7, 11) is 1.51. The fourth-order valence-electron chi connectivity index (χ4n) is 7.81. The second-order valence-electron chi connectivity index (χ2n) is 16.3. The Morgan fingerprint density at radius 3 is 2.21 bits per heavy atom. The van der Waals surface area contributed by atoms with E-state index in [1.807, 2.05) is 0 Å². The molecule has 2 aliphatic heterocycles. The van der Waals surface area contributed by atoms with E-state index in [0.29, 0.717) is 36.2 Å². The number of carbonyl (C=O) groups is 7. The number of anilines is 2. The third-order valence-corrected chi connectivity index (χ3v) is 11.4. The number of amidine groups is 1. The highest BCUT2D eigenvalue weighted by Crippen LogP contribution is 2.44. The van der Waals surface area contributed by atoms with E-state index in [1.54, 1.807) is 24.3 Å². The largest absolute Gasteiger partial charge is 0.445 e. The number of unbranched alkanes of at least 4 members (excludes halogenated alkanes) is 1. The van der Waals surface area contributed by atoms with E-state index in [9.17, 15) is 43.4 Å². The summed E-state index contributed by atoms with van der Waals surface area (Å²) < 4.78 is 45.6. The van der Waals surface area contributed by atoms with Crippen LogP contribution in [-0.4, -0.2) is 130 Å². The van der Waals surface area contributed by atoms with Crippen molar-refractivity contribution in [3.05, 3.63) is 107 Å². The Morgan fingerprint density at radius 1 is 0.889 bits per heavy atom. The molecule has 2 heterocycles. The highest BCUT2D eigenvalue weighted by atomic mass is 19.1. The molecule has 5 rings (SSSR count). The molecule has 0 saturated carbocycles. The molecule has 7 amide bonds. The highest BCUT2D eigenvalue weighted by Gasteiger charge is 2.44. The number of primary amides is 1. The molecule has 0 aromatic heterocycles. The molecule has 0 saturated heterocycles. The molecule has 0 spiro atoms. The van der Waals surface area contributed by atoms with Crippen molar-refractivity contribution in [1.29, 1.82) is 10.8 Å². The van der Waals surface area contributed by atoms with Crippen molar-refractivity contribution < 1.29 is 56.6 Å². The van der Waals surface area contributed by atoms with Crippen LogP contribution in [0, 0.1) is 28.4 Å². The average Bonchev–Trinajstić information content (AvgIpc) is 3.68. The number of fused-ring (bicyclic) bond motifs is 1. The van der Waals surface area contributed by atoms with Crippen LogP contribution in [0.3, 0.4) is 0 Å². The lowest BCUT2D eigenvalue weighted by Crippen LogP contribution is -2.52. The number of rotatable bonds is 26. The first kappa shape index (κ1) is 55.0. The van der Waals surface area contributed by atoms with Crippen LogP contribution in [0.1, 0.15) is 65.7 Å². The van der Waals surface area contributed by atoms with Crippen molar-refractivity contribution in [3.63, 3.8) is 0 Å². The molecule has 0 radical (unpaired) electrons. The smallest absolute Gasteiger partial charge is 0.408 e. The van der Waals surface area contributed by atoms with Gasteiger partial charge in [-0.15, -0.1) is 0 Å². The number of imide groups is 1. The van der Waals surface area contributed by atoms with Crippen LogP contribution in [0.4, 0.5) is 25.0 Å². The molecule has 2 aliphatic rings. The van der Waals surface area contributed by atoms with Gasteiger partial charge in [0.05, 0.1) is 68.6 Å². The van der Waals surface area contributed by atoms with Crippen LogP contribution < -0.4 is 43.0 Å². The first-order valence-corrected chi connectivity index (χ1v) is 22.8. The first-order valence-electron chi connectivity index (χ1n) is 22.8. The minimum atomic E-state index is -1.07. The molecule has 4 atom stereocenters. The van der Waals surface area contributed by atoms with Crippen molar-refractivity contribution in [1.82, 2.24) is 26.2 Å². The predicted octanol–water partition coefficient (Wildman–Crippen LogP) is 2.12. The Balaban J connectivity index is 1.14. The van der Waals surface area contributed by atoms with Crippen LogP contribution in [0.15, 0.2) is 77.8 Å². The maximum Gasteiger partial charge on any atom is 0.408 e. The Hall–Kier alpha value is -7.96. The fraction of sp³-hybridized carbons (Fsp3) is 0.375. The number of halogens is 2. The Bertz CT molecular complexity index is 2530. The van der Waals surface area contributed by atoms with Gasteiger partial charge in [0.2, 0.25) is 23.6 Å². The maximum atomic E-state index is 15.2. The third kappa shape index (κ3) is 15.0. The van der Waals surface area contributed by atoms with Crippen molar-refractivity contribution in [2.24, 2.45) is 22.4 Å². The van der Waals surface area contributed by atoms with Crippen LogP contribution >= 0.6 is 0 Å². The van der Waals surface area contributed by atoms with Gasteiger partial charge in [-0.3, -0.25) is 39.1 Å². The van der Waals surface area contributed by atoms with Gasteiger partial charge in [-0.2, -0.15) is 0 Å². The number of carbonyl (C=O) groups excluding carboxylic acids is 7. The van der Waals surface area contributed by atoms with Gasteiger partial charge in [0.1, 0.15) is 42.5 Å². The molecule has 22 nitrogen and oxygen atoms in total. The summed E-state index contributed by atoms with van der Waals surface area (Å²) in [5.41, 5.74) is 12.1. The molecule has 3 aromatic rings. The summed E-state index contributed by atoms with van der Waals surface area (Å²) in [5, 5.41) is 30.5. The van der Waals surface area contributed by atoms with Crippen molar-refractivity contribution in [2.45, 2.75) is 57.3 Å². The standard InChI is InChI=1S/C48H58F2N12O10/c1-28(58-37(63)16-19-70-21-22-71-20-18-61-38(64)14-15-39(61)65)46(67)60-35(5-3-4-17-51)47(68)59-33-12-6-29(7-13-33)25-72-48(69)57-27-62-36-24-32(50)23-34(44(54)66)40(36)42(53)41(45(55-2)56-26-52)43(62)30-8-10-31(49)11-9-30/h6-15,23-24,26,28,35,41,43,53H,3-5,16-22,25,27,51H2,1-2H3,(H2,54,66)(H,57,69)(H,58,63)(H,59,68)(H,60,67)(H2,52,55,56)/t28-,35?,41?,43+/m0/s1. The zero-order valence-electron chi connectivity index (χ0n) is 39.6. The molecule has 3 aromatic carbocycles. The normalized spacial score (nSPS) is 16.1. The van der Waals surface area contributed by atoms with Crippen LogP contribution in [0.25, 0.3) is 0 Å². The van der Waals surface area contributed by atoms with Gasteiger partial charge in [-0.05, 0) is 80.3 Å². The summed E-state index contributed by atoms with van der Waals surface area (Å²) in [5.74, 6) is -5.78. The molecular formula is C48H58F2N12O10. The van der Waals surface area contributed by atoms with Gasteiger partial charge in [0, 0.05) is 36.9 Å². The minimum Gasteiger partial charge on any atom is -0.445 e. The number of nitrogens with two attached hydrogens (primary N) is 2. The molecule has 2 unspecified atom stereocenters. The SMILES string of the molecule is CN/C(=N\C=N)C1C(=N)c2c(C(N)=O)cc(F)cc2N(CNC(=O)OCc2ccc(NC(=O)C(CCCCN)NC(=O)[C@H](C)NC(=O)CCOCCOCCN3C(=O)C=CC3=O)cc2)[C@@H]1c1ccc(F)cc1. The Morgan fingerprint density at radius 2 is 1.57 bits per heavy atom. The van der Waals surface area contributed by atoms with Crippen LogP contribution in [0.2, 0.25) is 0 Å².